The lowest BCUT2D eigenvalue weighted by Crippen LogP contribution is -2.47. The number of hydrogen-bond acceptors (Lipinski definition) is 6. The number of aromatic carboxylic acids is 1. The molecule has 0 spiro atoms. The zero-order chi connectivity index (χ0) is 14.8. The summed E-state index contributed by atoms with van der Waals surface area (Å²) in [6.07, 6.45) is 1.32. The van der Waals surface area contributed by atoms with Gasteiger partial charge in [0.05, 0.1) is 12.8 Å². The van der Waals surface area contributed by atoms with E-state index in [1.165, 1.54) is 12.3 Å². The summed E-state index contributed by atoms with van der Waals surface area (Å²) in [7, 11) is -3.19. The molecule has 1 unspecified atom stereocenters. The molecule has 1 fully saturated rings. The molecule has 0 aromatic carbocycles. The summed E-state index contributed by atoms with van der Waals surface area (Å²) in [6.45, 7) is 2.44. The van der Waals surface area contributed by atoms with Crippen LogP contribution in [0.25, 0.3) is 0 Å². The summed E-state index contributed by atoms with van der Waals surface area (Å²) < 4.78 is 29.4. The van der Waals surface area contributed by atoms with Crippen LogP contribution in [0.3, 0.4) is 0 Å². The van der Waals surface area contributed by atoms with Crippen LogP contribution >= 0.6 is 11.8 Å². The second-order valence-electron chi connectivity index (χ2n) is 4.51. The Hall–Kier alpha value is -0.990. The van der Waals surface area contributed by atoms with Gasteiger partial charge in [-0.2, -0.15) is 11.8 Å². The number of carboxylic acid groups (broad SMARTS) is 1. The zero-order valence-corrected chi connectivity index (χ0v) is 12.7. The fraction of sp³-hybridized carbons (Fsp3) is 0.583. The molecule has 0 radical (unpaired) electrons. The topological polar surface area (TPSA) is 87.8 Å². The molecule has 1 N–H and O–H groups in total. The largest absolute Gasteiger partial charge is 0.478 e. The standard InChI is InChI=1S/C12H17NO5S2/c1-2-20(16,17)11-8-19-6-4-13(11)7-10-9(12(14)15)3-5-18-10/h3,5,11H,2,4,6-8H2,1H3,(H,14,15). The molecule has 20 heavy (non-hydrogen) atoms. The smallest absolute Gasteiger partial charge is 0.339 e. The molecule has 1 aliphatic heterocycles. The molecule has 1 saturated heterocycles. The maximum atomic E-state index is 12.1. The summed E-state index contributed by atoms with van der Waals surface area (Å²) >= 11 is 1.60. The van der Waals surface area contributed by atoms with Crippen molar-refractivity contribution in [2.24, 2.45) is 0 Å². The van der Waals surface area contributed by atoms with Crippen LogP contribution < -0.4 is 0 Å². The Labute approximate surface area is 122 Å². The Morgan fingerprint density at radius 2 is 2.35 bits per heavy atom. The molecule has 2 heterocycles. The predicted octanol–water partition coefficient (Wildman–Crippen LogP) is 1.29. The van der Waals surface area contributed by atoms with Crippen molar-refractivity contribution in [3.63, 3.8) is 0 Å². The summed E-state index contributed by atoms with van der Waals surface area (Å²) in [4.78, 5) is 12.9. The molecule has 1 atom stereocenters. The fourth-order valence-electron chi connectivity index (χ4n) is 2.16. The van der Waals surface area contributed by atoms with E-state index in [9.17, 15) is 13.2 Å². The molecule has 8 heteroatoms. The van der Waals surface area contributed by atoms with Gasteiger partial charge >= 0.3 is 5.97 Å². The van der Waals surface area contributed by atoms with Crippen LogP contribution in [-0.4, -0.2) is 53.6 Å². The van der Waals surface area contributed by atoms with E-state index in [0.29, 0.717) is 18.1 Å². The van der Waals surface area contributed by atoms with E-state index in [0.717, 1.165) is 5.75 Å². The molecule has 0 amide bonds. The molecule has 0 saturated carbocycles. The third-order valence-electron chi connectivity index (χ3n) is 3.33. The van der Waals surface area contributed by atoms with Crippen LogP contribution in [0.4, 0.5) is 0 Å². The van der Waals surface area contributed by atoms with Gasteiger partial charge in [-0.1, -0.05) is 6.92 Å². The molecule has 1 aromatic heterocycles. The highest BCUT2D eigenvalue weighted by Crippen LogP contribution is 2.24. The first-order chi connectivity index (χ1) is 9.45. The molecule has 6 nitrogen and oxygen atoms in total. The second-order valence-corrected chi connectivity index (χ2v) is 8.11. The van der Waals surface area contributed by atoms with Crippen LogP contribution in [0.2, 0.25) is 0 Å². The van der Waals surface area contributed by atoms with Crippen molar-refractivity contribution in [1.82, 2.24) is 4.90 Å². The quantitative estimate of drug-likeness (QED) is 0.874. The van der Waals surface area contributed by atoms with Gasteiger partial charge in [-0.05, 0) is 6.07 Å². The van der Waals surface area contributed by atoms with Gasteiger partial charge in [0.25, 0.3) is 0 Å². The van der Waals surface area contributed by atoms with Crippen molar-refractivity contribution in [3.8, 4) is 0 Å². The normalized spacial score (nSPS) is 20.9. The number of carboxylic acids is 1. The van der Waals surface area contributed by atoms with Gasteiger partial charge in [-0.25, -0.2) is 13.2 Å². The molecule has 2 rings (SSSR count). The summed E-state index contributed by atoms with van der Waals surface area (Å²) in [5.41, 5.74) is 0.0934. The molecule has 112 valence electrons. The average Bonchev–Trinajstić information content (AvgIpc) is 2.87. The van der Waals surface area contributed by atoms with E-state index in [1.807, 2.05) is 0 Å². The third kappa shape index (κ3) is 3.18. The number of sulfone groups is 1. The highest BCUT2D eigenvalue weighted by molar-refractivity contribution is 8.01. The van der Waals surface area contributed by atoms with Crippen molar-refractivity contribution in [1.29, 1.82) is 0 Å². The first-order valence-corrected chi connectivity index (χ1v) is 9.15. The van der Waals surface area contributed by atoms with Gasteiger partial charge in [0.1, 0.15) is 16.7 Å². The van der Waals surface area contributed by atoms with Crippen LogP contribution in [0, 0.1) is 0 Å². The Kier molecular flexibility index (Phi) is 4.77. The van der Waals surface area contributed by atoms with Gasteiger partial charge in [0, 0.05) is 23.8 Å². The minimum Gasteiger partial charge on any atom is -0.478 e. The van der Waals surface area contributed by atoms with E-state index < -0.39 is 21.2 Å². The fourth-order valence-corrected chi connectivity index (χ4v) is 5.24. The number of hydrogen-bond donors (Lipinski definition) is 1. The molecular formula is C12H17NO5S2. The lowest BCUT2D eigenvalue weighted by Gasteiger charge is -2.34. The van der Waals surface area contributed by atoms with Crippen molar-refractivity contribution < 1.29 is 22.7 Å². The van der Waals surface area contributed by atoms with Crippen LogP contribution in [0.15, 0.2) is 16.7 Å². The van der Waals surface area contributed by atoms with Gasteiger partial charge in [-0.3, -0.25) is 4.90 Å². The lowest BCUT2D eigenvalue weighted by atomic mass is 10.2. The predicted molar refractivity (Wildman–Crippen MR) is 76.7 cm³/mol. The first-order valence-electron chi connectivity index (χ1n) is 6.28. The zero-order valence-electron chi connectivity index (χ0n) is 11.1. The highest BCUT2D eigenvalue weighted by atomic mass is 32.2. The molecule has 0 aliphatic carbocycles. The molecule has 1 aliphatic rings. The van der Waals surface area contributed by atoms with Crippen molar-refractivity contribution >= 4 is 27.6 Å². The SMILES string of the molecule is CCS(=O)(=O)C1CSCCN1Cc1occc1C(=O)O. The molecule has 1 aromatic rings. The monoisotopic (exact) mass is 319 g/mol. The van der Waals surface area contributed by atoms with Crippen LogP contribution in [0.1, 0.15) is 23.0 Å². The Balaban J connectivity index is 2.21. The lowest BCUT2D eigenvalue weighted by molar-refractivity contribution is 0.0692. The highest BCUT2D eigenvalue weighted by Gasteiger charge is 2.33. The average molecular weight is 319 g/mol. The summed E-state index contributed by atoms with van der Waals surface area (Å²) in [6, 6.07) is 1.39. The van der Waals surface area contributed by atoms with E-state index in [2.05, 4.69) is 0 Å². The van der Waals surface area contributed by atoms with Gasteiger partial charge in [-0.15, -0.1) is 0 Å². The van der Waals surface area contributed by atoms with Crippen molar-refractivity contribution in [3.05, 3.63) is 23.7 Å². The van der Waals surface area contributed by atoms with Crippen molar-refractivity contribution in [2.75, 3.05) is 23.8 Å². The van der Waals surface area contributed by atoms with Crippen molar-refractivity contribution in [2.45, 2.75) is 18.8 Å². The Bertz CT molecular complexity index is 580. The number of nitrogens with zero attached hydrogens (tertiary/aromatic N) is 1. The van der Waals surface area contributed by atoms with E-state index >= 15 is 0 Å². The number of thioether (sulfide) groups is 1. The van der Waals surface area contributed by atoms with Crippen LogP contribution in [0.5, 0.6) is 0 Å². The van der Waals surface area contributed by atoms with E-state index in [-0.39, 0.29) is 17.9 Å². The minimum atomic E-state index is -3.19. The minimum absolute atomic E-state index is 0.0820. The first kappa shape index (κ1) is 15.4. The summed E-state index contributed by atoms with van der Waals surface area (Å²) in [5.74, 6) is 0.673. The van der Waals surface area contributed by atoms with Gasteiger partial charge in [0.15, 0.2) is 9.84 Å². The Morgan fingerprint density at radius 3 is 3.00 bits per heavy atom. The Morgan fingerprint density at radius 1 is 1.60 bits per heavy atom. The maximum Gasteiger partial charge on any atom is 0.339 e. The van der Waals surface area contributed by atoms with E-state index in [1.54, 1.807) is 23.6 Å². The number of furan rings is 1. The number of carbonyl (C=O) groups is 1. The van der Waals surface area contributed by atoms with Crippen LogP contribution in [-0.2, 0) is 16.4 Å². The van der Waals surface area contributed by atoms with Gasteiger partial charge in [0.2, 0.25) is 0 Å². The number of rotatable bonds is 5. The molecular weight excluding hydrogens is 302 g/mol. The molecule has 0 bridgehead atoms. The maximum absolute atomic E-state index is 12.1. The summed E-state index contributed by atoms with van der Waals surface area (Å²) in [5, 5.41) is 8.48. The third-order valence-corrected chi connectivity index (χ3v) is 6.66. The second kappa shape index (κ2) is 6.19. The van der Waals surface area contributed by atoms with E-state index in [4.69, 9.17) is 9.52 Å². The van der Waals surface area contributed by atoms with Gasteiger partial charge < -0.3 is 9.52 Å².